The number of hydrogen-bond donors (Lipinski definition) is 2. The minimum atomic E-state index is -0.419. The smallest absolute Gasteiger partial charge is 0.407 e. The number of alkyl carbamates (subject to hydrolysis) is 1. The monoisotopic (exact) mass is 242 g/mol. The highest BCUT2D eigenvalue weighted by Gasteiger charge is 2.39. The maximum Gasteiger partial charge on any atom is 0.407 e. The van der Waals surface area contributed by atoms with Gasteiger partial charge in [-0.1, -0.05) is 6.92 Å². The summed E-state index contributed by atoms with van der Waals surface area (Å²) in [7, 11) is 0. The molecule has 0 aliphatic heterocycles. The molecule has 1 aliphatic rings. The summed E-state index contributed by atoms with van der Waals surface area (Å²) in [5.74, 6) is 0. The molecule has 0 atom stereocenters. The van der Waals surface area contributed by atoms with Gasteiger partial charge in [0.25, 0.3) is 0 Å². The molecule has 0 bridgehead atoms. The van der Waals surface area contributed by atoms with Gasteiger partial charge >= 0.3 is 6.09 Å². The molecule has 0 radical (unpaired) electrons. The summed E-state index contributed by atoms with van der Waals surface area (Å²) < 4.78 is 5.14. The average Bonchev–Trinajstić information content (AvgIpc) is 2.95. The molecule has 1 amide bonds. The number of ether oxygens (including phenoxy) is 1. The summed E-state index contributed by atoms with van der Waals surface area (Å²) in [6.07, 6.45) is 3.60. The van der Waals surface area contributed by atoms with Crippen molar-refractivity contribution >= 4 is 6.09 Å². The van der Waals surface area contributed by atoms with Crippen LogP contribution in [0.2, 0.25) is 0 Å². The molecular weight excluding hydrogens is 216 g/mol. The van der Waals surface area contributed by atoms with E-state index in [9.17, 15) is 4.79 Å². The van der Waals surface area contributed by atoms with Crippen molar-refractivity contribution in [1.82, 2.24) is 10.6 Å². The zero-order valence-electron chi connectivity index (χ0n) is 11.6. The second-order valence-corrected chi connectivity index (χ2v) is 5.96. The summed E-state index contributed by atoms with van der Waals surface area (Å²) in [6, 6.07) is 0. The van der Waals surface area contributed by atoms with Crippen LogP contribution in [0, 0.1) is 5.41 Å². The zero-order valence-corrected chi connectivity index (χ0v) is 11.6. The van der Waals surface area contributed by atoms with E-state index in [1.807, 2.05) is 20.8 Å². The summed E-state index contributed by atoms with van der Waals surface area (Å²) in [6.45, 7) is 10.3. The highest BCUT2D eigenvalue weighted by atomic mass is 16.6. The van der Waals surface area contributed by atoms with E-state index in [1.54, 1.807) is 0 Å². The quantitative estimate of drug-likeness (QED) is 0.703. The Kier molecular flexibility index (Phi) is 4.80. The van der Waals surface area contributed by atoms with E-state index in [-0.39, 0.29) is 6.09 Å². The van der Waals surface area contributed by atoms with Gasteiger partial charge < -0.3 is 15.4 Å². The van der Waals surface area contributed by atoms with Crippen LogP contribution in [0.25, 0.3) is 0 Å². The van der Waals surface area contributed by atoms with Gasteiger partial charge in [-0.25, -0.2) is 4.79 Å². The highest BCUT2D eigenvalue weighted by Crippen LogP contribution is 2.47. The lowest BCUT2D eigenvalue weighted by Gasteiger charge is -2.20. The fourth-order valence-electron chi connectivity index (χ4n) is 1.75. The van der Waals surface area contributed by atoms with E-state index in [0.717, 1.165) is 13.1 Å². The summed E-state index contributed by atoms with van der Waals surface area (Å²) >= 11 is 0. The van der Waals surface area contributed by atoms with Crippen LogP contribution in [-0.2, 0) is 4.74 Å². The molecule has 0 spiro atoms. The van der Waals surface area contributed by atoms with Crippen molar-refractivity contribution in [1.29, 1.82) is 0 Å². The summed E-state index contributed by atoms with van der Waals surface area (Å²) in [5.41, 5.74) is 0.143. The lowest BCUT2D eigenvalue weighted by Crippen LogP contribution is -2.37. The van der Waals surface area contributed by atoms with Gasteiger partial charge in [-0.05, 0) is 45.4 Å². The van der Waals surface area contributed by atoms with Crippen LogP contribution in [0.1, 0.15) is 47.0 Å². The first-order chi connectivity index (χ1) is 7.87. The molecular formula is C13H26N2O2. The minimum absolute atomic E-state index is 0.337. The number of nitrogens with one attached hydrogen (secondary N) is 2. The average molecular weight is 242 g/mol. The molecule has 1 saturated carbocycles. The number of amides is 1. The Balaban J connectivity index is 1.99. The zero-order chi connectivity index (χ0) is 12.9. The predicted molar refractivity (Wildman–Crippen MR) is 69.1 cm³/mol. The third-order valence-electron chi connectivity index (χ3n) is 3.18. The predicted octanol–water partition coefficient (Wildman–Crippen LogP) is 2.29. The van der Waals surface area contributed by atoms with Gasteiger partial charge in [-0.2, -0.15) is 0 Å². The van der Waals surface area contributed by atoms with Crippen LogP contribution >= 0.6 is 0 Å². The van der Waals surface area contributed by atoms with Gasteiger partial charge in [0.15, 0.2) is 0 Å². The molecule has 17 heavy (non-hydrogen) atoms. The van der Waals surface area contributed by atoms with Crippen molar-refractivity contribution in [3.05, 3.63) is 0 Å². The summed E-state index contributed by atoms with van der Waals surface area (Å²) in [5, 5.41) is 6.13. The molecule has 0 heterocycles. The van der Waals surface area contributed by atoms with E-state index >= 15 is 0 Å². The van der Waals surface area contributed by atoms with E-state index in [2.05, 4.69) is 17.6 Å². The minimum Gasteiger partial charge on any atom is -0.444 e. The Morgan fingerprint density at radius 3 is 2.41 bits per heavy atom. The van der Waals surface area contributed by atoms with Gasteiger partial charge in [-0.3, -0.25) is 0 Å². The molecule has 0 aromatic rings. The molecule has 4 heteroatoms. The summed E-state index contributed by atoms with van der Waals surface area (Å²) in [4.78, 5) is 11.3. The standard InChI is InChI=1S/C13H26N2O2/c1-5-13(6-7-13)10-14-8-9-15-11(16)17-12(2,3)4/h14H,5-10H2,1-4H3,(H,15,16). The SMILES string of the molecule is CCC1(CNCCNC(=O)OC(C)(C)C)CC1. The van der Waals surface area contributed by atoms with Crippen molar-refractivity contribution < 1.29 is 9.53 Å². The molecule has 1 fully saturated rings. The number of hydrogen-bond acceptors (Lipinski definition) is 3. The molecule has 0 unspecified atom stereocenters. The van der Waals surface area contributed by atoms with Crippen LogP contribution < -0.4 is 10.6 Å². The first-order valence-corrected chi connectivity index (χ1v) is 6.54. The number of carbonyl (C=O) groups excluding carboxylic acids is 1. The van der Waals surface area contributed by atoms with Crippen molar-refractivity contribution in [3.63, 3.8) is 0 Å². The fraction of sp³-hybridized carbons (Fsp3) is 0.923. The second-order valence-electron chi connectivity index (χ2n) is 5.96. The van der Waals surface area contributed by atoms with Gasteiger partial charge in [0.1, 0.15) is 5.60 Å². The molecule has 0 aromatic heterocycles. The van der Waals surface area contributed by atoms with Crippen LogP contribution in [0.15, 0.2) is 0 Å². The van der Waals surface area contributed by atoms with Crippen LogP contribution in [0.5, 0.6) is 0 Å². The Morgan fingerprint density at radius 2 is 1.94 bits per heavy atom. The van der Waals surface area contributed by atoms with Gasteiger partial charge in [-0.15, -0.1) is 0 Å². The Labute approximate surface area is 104 Å². The Bertz CT molecular complexity index is 255. The molecule has 1 aliphatic carbocycles. The molecule has 100 valence electrons. The van der Waals surface area contributed by atoms with Crippen molar-refractivity contribution in [2.75, 3.05) is 19.6 Å². The Hall–Kier alpha value is -0.770. The first kappa shape index (κ1) is 14.3. The largest absolute Gasteiger partial charge is 0.444 e. The lowest BCUT2D eigenvalue weighted by atomic mass is 10.0. The third-order valence-corrected chi connectivity index (χ3v) is 3.18. The number of rotatable bonds is 6. The topological polar surface area (TPSA) is 50.4 Å². The maximum absolute atomic E-state index is 11.3. The van der Waals surface area contributed by atoms with E-state index in [4.69, 9.17) is 4.74 Å². The van der Waals surface area contributed by atoms with E-state index < -0.39 is 5.60 Å². The molecule has 4 nitrogen and oxygen atoms in total. The van der Waals surface area contributed by atoms with E-state index in [0.29, 0.717) is 12.0 Å². The van der Waals surface area contributed by atoms with Gasteiger partial charge in [0.05, 0.1) is 0 Å². The lowest BCUT2D eigenvalue weighted by molar-refractivity contribution is 0.0528. The van der Waals surface area contributed by atoms with Crippen molar-refractivity contribution in [3.8, 4) is 0 Å². The first-order valence-electron chi connectivity index (χ1n) is 6.54. The van der Waals surface area contributed by atoms with Gasteiger partial charge in [0.2, 0.25) is 0 Å². The molecule has 1 rings (SSSR count). The Morgan fingerprint density at radius 1 is 1.29 bits per heavy atom. The van der Waals surface area contributed by atoms with E-state index in [1.165, 1.54) is 19.3 Å². The van der Waals surface area contributed by atoms with Gasteiger partial charge in [0, 0.05) is 19.6 Å². The van der Waals surface area contributed by atoms with Crippen molar-refractivity contribution in [2.45, 2.75) is 52.6 Å². The fourth-order valence-corrected chi connectivity index (χ4v) is 1.75. The third kappa shape index (κ3) is 5.91. The van der Waals surface area contributed by atoms with Crippen LogP contribution in [-0.4, -0.2) is 31.3 Å². The molecule has 2 N–H and O–H groups in total. The van der Waals surface area contributed by atoms with Crippen molar-refractivity contribution in [2.24, 2.45) is 5.41 Å². The maximum atomic E-state index is 11.3. The normalized spacial score (nSPS) is 17.6. The highest BCUT2D eigenvalue weighted by molar-refractivity contribution is 5.67. The molecule has 0 aromatic carbocycles. The van der Waals surface area contributed by atoms with Crippen LogP contribution in [0.4, 0.5) is 4.79 Å². The number of carbonyl (C=O) groups is 1. The molecule has 0 saturated heterocycles. The van der Waals surface area contributed by atoms with Crippen LogP contribution in [0.3, 0.4) is 0 Å². The second kappa shape index (κ2) is 5.71.